The van der Waals surface area contributed by atoms with E-state index in [1.807, 2.05) is 11.9 Å². The number of fused-ring (bicyclic) bond motifs is 1. The number of aryl methyl sites for hydroxylation is 1. The summed E-state index contributed by atoms with van der Waals surface area (Å²) in [6, 6.07) is 0.580. The van der Waals surface area contributed by atoms with Gasteiger partial charge >= 0.3 is 0 Å². The first-order chi connectivity index (χ1) is 15.9. The van der Waals surface area contributed by atoms with E-state index >= 15 is 0 Å². The van der Waals surface area contributed by atoms with Gasteiger partial charge in [-0.05, 0) is 39.2 Å². The molecule has 4 rings (SSSR count). The summed E-state index contributed by atoms with van der Waals surface area (Å²) < 4.78 is 1.79. The van der Waals surface area contributed by atoms with Crippen molar-refractivity contribution in [3.8, 4) is 0 Å². The molecule has 33 heavy (non-hydrogen) atoms. The van der Waals surface area contributed by atoms with Crippen LogP contribution in [0.2, 0.25) is 0 Å². The van der Waals surface area contributed by atoms with Crippen LogP contribution in [0.3, 0.4) is 0 Å². The highest BCUT2D eigenvalue weighted by atomic mass is 16.2. The van der Waals surface area contributed by atoms with Crippen LogP contribution in [0.15, 0.2) is 0 Å². The minimum absolute atomic E-state index is 0.0268. The maximum atomic E-state index is 12.9. The van der Waals surface area contributed by atoms with Crippen LogP contribution < -0.4 is 5.32 Å². The van der Waals surface area contributed by atoms with Gasteiger partial charge in [-0.25, -0.2) is 0 Å². The summed E-state index contributed by atoms with van der Waals surface area (Å²) in [7, 11) is 1.87. The second-order valence-corrected chi connectivity index (χ2v) is 9.69. The Hall–Kier alpha value is -2.42. The van der Waals surface area contributed by atoms with Gasteiger partial charge in [0.15, 0.2) is 5.69 Å². The molecule has 9 nitrogen and oxygen atoms in total. The Morgan fingerprint density at radius 2 is 1.76 bits per heavy atom. The lowest BCUT2D eigenvalue weighted by molar-refractivity contribution is -0.134. The van der Waals surface area contributed by atoms with Gasteiger partial charge in [-0.2, -0.15) is 5.10 Å². The molecule has 0 saturated carbocycles. The largest absolute Gasteiger partial charge is 0.355 e. The molecule has 3 aliphatic heterocycles. The monoisotopic (exact) mass is 458 g/mol. The van der Waals surface area contributed by atoms with Gasteiger partial charge in [0.25, 0.3) is 5.91 Å². The number of amides is 3. The molecule has 2 saturated heterocycles. The third kappa shape index (κ3) is 5.57. The molecule has 0 bridgehead atoms. The van der Waals surface area contributed by atoms with E-state index in [0.29, 0.717) is 37.8 Å². The van der Waals surface area contributed by atoms with E-state index in [4.69, 9.17) is 0 Å². The molecule has 0 aromatic carbocycles. The summed E-state index contributed by atoms with van der Waals surface area (Å²) in [6.45, 7) is 7.38. The Balaban J connectivity index is 1.25. The van der Waals surface area contributed by atoms with Crippen LogP contribution >= 0.6 is 0 Å². The number of carbonyl (C=O) groups is 3. The van der Waals surface area contributed by atoms with E-state index in [-0.39, 0.29) is 30.6 Å². The fraction of sp³-hybridized carbons (Fsp3) is 0.750. The fourth-order valence-electron chi connectivity index (χ4n) is 5.34. The zero-order valence-corrected chi connectivity index (χ0v) is 20.1. The lowest BCUT2D eigenvalue weighted by Gasteiger charge is -2.33. The Kier molecular flexibility index (Phi) is 7.67. The van der Waals surface area contributed by atoms with Gasteiger partial charge < -0.3 is 15.1 Å². The van der Waals surface area contributed by atoms with Crippen LogP contribution in [0.25, 0.3) is 0 Å². The third-order valence-electron chi connectivity index (χ3n) is 7.42. The van der Waals surface area contributed by atoms with Crippen molar-refractivity contribution in [2.75, 3.05) is 39.3 Å². The van der Waals surface area contributed by atoms with Gasteiger partial charge in [-0.1, -0.05) is 6.42 Å². The molecule has 182 valence electrons. The van der Waals surface area contributed by atoms with Crippen molar-refractivity contribution in [2.45, 2.75) is 70.9 Å². The SMILES string of the molecule is C[C@@H]1CCCCN1CCNC(=O)CCC(=O)N1CCc2c(c(C(=O)N3CCCC3)nn2C)C1. The number of hydrogen-bond donors (Lipinski definition) is 1. The summed E-state index contributed by atoms with van der Waals surface area (Å²) in [6.07, 6.45) is 6.88. The van der Waals surface area contributed by atoms with Crippen LogP contribution in [0.1, 0.15) is 73.6 Å². The lowest BCUT2D eigenvalue weighted by atomic mass is 10.0. The zero-order chi connectivity index (χ0) is 23.4. The van der Waals surface area contributed by atoms with Crippen LogP contribution in [0, 0.1) is 0 Å². The summed E-state index contributed by atoms with van der Waals surface area (Å²) >= 11 is 0. The normalized spacial score (nSPS) is 21.2. The second-order valence-electron chi connectivity index (χ2n) is 9.69. The minimum Gasteiger partial charge on any atom is -0.355 e. The van der Waals surface area contributed by atoms with Crippen LogP contribution in [0.5, 0.6) is 0 Å². The second kappa shape index (κ2) is 10.7. The molecule has 9 heteroatoms. The first kappa shape index (κ1) is 23.7. The predicted octanol–water partition coefficient (Wildman–Crippen LogP) is 1.31. The van der Waals surface area contributed by atoms with Crippen molar-refractivity contribution in [2.24, 2.45) is 7.05 Å². The number of rotatable bonds is 7. The Bertz CT molecular complexity index is 876. The number of aromatic nitrogens is 2. The van der Waals surface area contributed by atoms with E-state index in [1.165, 1.54) is 19.3 Å². The van der Waals surface area contributed by atoms with Crippen molar-refractivity contribution >= 4 is 17.7 Å². The molecule has 4 heterocycles. The molecule has 3 amide bonds. The van der Waals surface area contributed by atoms with E-state index in [0.717, 1.165) is 50.3 Å². The molecule has 0 aliphatic carbocycles. The summed E-state index contributed by atoms with van der Waals surface area (Å²) in [4.78, 5) is 44.1. The zero-order valence-electron chi connectivity index (χ0n) is 20.1. The Labute approximate surface area is 196 Å². The van der Waals surface area contributed by atoms with E-state index in [1.54, 1.807) is 9.58 Å². The van der Waals surface area contributed by atoms with E-state index in [9.17, 15) is 14.4 Å². The fourth-order valence-corrected chi connectivity index (χ4v) is 5.34. The molecule has 1 aromatic heterocycles. The maximum Gasteiger partial charge on any atom is 0.274 e. The lowest BCUT2D eigenvalue weighted by Crippen LogP contribution is -2.42. The average Bonchev–Trinajstić information content (AvgIpc) is 3.47. The number of nitrogens with zero attached hydrogens (tertiary/aromatic N) is 5. The maximum absolute atomic E-state index is 12.9. The summed E-state index contributed by atoms with van der Waals surface area (Å²) in [5.41, 5.74) is 2.39. The van der Waals surface area contributed by atoms with Gasteiger partial charge in [-0.3, -0.25) is 24.0 Å². The summed E-state index contributed by atoms with van der Waals surface area (Å²) in [5, 5.41) is 7.47. The number of hydrogen-bond acceptors (Lipinski definition) is 5. The molecule has 2 fully saturated rings. The Morgan fingerprint density at radius 1 is 1.00 bits per heavy atom. The van der Waals surface area contributed by atoms with Crippen molar-refractivity contribution in [1.82, 2.24) is 29.8 Å². The third-order valence-corrected chi connectivity index (χ3v) is 7.42. The van der Waals surface area contributed by atoms with E-state index in [2.05, 4.69) is 22.2 Å². The molecular formula is C24H38N6O3. The average molecular weight is 459 g/mol. The summed E-state index contributed by atoms with van der Waals surface area (Å²) in [5.74, 6) is -0.137. The van der Waals surface area contributed by atoms with Crippen molar-refractivity contribution in [3.05, 3.63) is 17.0 Å². The van der Waals surface area contributed by atoms with Crippen molar-refractivity contribution in [3.63, 3.8) is 0 Å². The standard InChI is InChI=1S/C24H38N6O3/c1-18-7-3-4-12-28(18)16-11-25-21(31)8-9-22(32)30-15-10-20-19(17-30)23(26-27(20)2)24(33)29-13-5-6-14-29/h18H,3-17H2,1-2H3,(H,25,31)/t18-/m1/s1. The van der Waals surface area contributed by atoms with Crippen molar-refractivity contribution in [1.29, 1.82) is 0 Å². The molecule has 1 atom stereocenters. The highest BCUT2D eigenvalue weighted by molar-refractivity contribution is 5.94. The van der Waals surface area contributed by atoms with Crippen molar-refractivity contribution < 1.29 is 14.4 Å². The molecule has 1 aromatic rings. The molecule has 0 spiro atoms. The topological polar surface area (TPSA) is 90.8 Å². The van der Waals surface area contributed by atoms with Gasteiger partial charge in [0.05, 0.1) is 0 Å². The minimum atomic E-state index is -0.0722. The molecule has 0 radical (unpaired) electrons. The molecular weight excluding hydrogens is 420 g/mol. The number of piperidine rings is 1. The first-order valence-electron chi connectivity index (χ1n) is 12.6. The molecule has 1 N–H and O–H groups in total. The number of likely N-dealkylation sites (tertiary alicyclic amines) is 2. The Morgan fingerprint density at radius 3 is 2.52 bits per heavy atom. The van der Waals surface area contributed by atoms with E-state index < -0.39 is 0 Å². The van der Waals surface area contributed by atoms with Crippen LogP contribution in [-0.2, 0) is 29.6 Å². The highest BCUT2D eigenvalue weighted by Gasteiger charge is 2.32. The highest BCUT2D eigenvalue weighted by Crippen LogP contribution is 2.25. The van der Waals surface area contributed by atoms with Crippen LogP contribution in [-0.4, -0.2) is 87.5 Å². The first-order valence-corrected chi connectivity index (χ1v) is 12.6. The predicted molar refractivity (Wildman–Crippen MR) is 125 cm³/mol. The van der Waals surface area contributed by atoms with Gasteiger partial charge in [0.2, 0.25) is 11.8 Å². The smallest absolute Gasteiger partial charge is 0.274 e. The molecule has 0 unspecified atom stereocenters. The quantitative estimate of drug-likeness (QED) is 0.665. The number of nitrogens with one attached hydrogen (secondary N) is 1. The molecule has 3 aliphatic rings. The van der Waals surface area contributed by atoms with Gasteiger partial charge in [0, 0.05) is 82.9 Å². The van der Waals surface area contributed by atoms with Gasteiger partial charge in [0.1, 0.15) is 0 Å². The van der Waals surface area contributed by atoms with Crippen LogP contribution in [0.4, 0.5) is 0 Å². The number of carbonyl (C=O) groups excluding carboxylic acids is 3. The van der Waals surface area contributed by atoms with Gasteiger partial charge in [-0.15, -0.1) is 0 Å².